The number of fused-ring (bicyclic) bond motifs is 2. The molecule has 2 saturated carbocycles. The summed E-state index contributed by atoms with van der Waals surface area (Å²) in [6.45, 7) is 0. The molecule has 104 valence electrons. The summed E-state index contributed by atoms with van der Waals surface area (Å²) in [6.07, 6.45) is 5.18. The molecule has 3 atom stereocenters. The van der Waals surface area contributed by atoms with E-state index in [1.54, 1.807) is 12.1 Å². The highest BCUT2D eigenvalue weighted by Gasteiger charge is 2.42. The summed E-state index contributed by atoms with van der Waals surface area (Å²) in [5, 5.41) is 4.72. The molecule has 0 amide bonds. The van der Waals surface area contributed by atoms with E-state index in [-0.39, 0.29) is 0 Å². The third kappa shape index (κ3) is 1.82. The minimum absolute atomic E-state index is 0.436. The summed E-state index contributed by atoms with van der Waals surface area (Å²) in [5.41, 5.74) is 7.18. The highest BCUT2D eigenvalue weighted by atomic mass is 35.5. The first-order chi connectivity index (χ1) is 9.72. The molecule has 20 heavy (non-hydrogen) atoms. The van der Waals surface area contributed by atoms with Gasteiger partial charge in [-0.1, -0.05) is 29.2 Å². The van der Waals surface area contributed by atoms with Crippen LogP contribution >= 0.6 is 11.6 Å². The van der Waals surface area contributed by atoms with Crippen LogP contribution in [-0.2, 0) is 0 Å². The summed E-state index contributed by atoms with van der Waals surface area (Å²) < 4.78 is 5.41. The number of benzene rings is 1. The SMILES string of the molecule is Nc1cccc(Cl)c1-c1nc(C2CC3CCC2C3)no1. The molecule has 2 aliphatic carbocycles. The average molecular weight is 290 g/mol. The summed E-state index contributed by atoms with van der Waals surface area (Å²) in [4.78, 5) is 4.56. The van der Waals surface area contributed by atoms with Gasteiger partial charge in [0.15, 0.2) is 5.82 Å². The zero-order chi connectivity index (χ0) is 13.7. The van der Waals surface area contributed by atoms with Crippen molar-refractivity contribution in [1.29, 1.82) is 0 Å². The van der Waals surface area contributed by atoms with Crippen LogP contribution in [0.15, 0.2) is 22.7 Å². The number of aromatic nitrogens is 2. The van der Waals surface area contributed by atoms with E-state index < -0.39 is 0 Å². The topological polar surface area (TPSA) is 64.9 Å². The van der Waals surface area contributed by atoms with Gasteiger partial charge < -0.3 is 10.3 Å². The largest absolute Gasteiger partial charge is 0.398 e. The van der Waals surface area contributed by atoms with Gasteiger partial charge in [-0.05, 0) is 43.2 Å². The Labute approximate surface area is 122 Å². The van der Waals surface area contributed by atoms with Gasteiger partial charge in [-0.3, -0.25) is 0 Å². The van der Waals surface area contributed by atoms with Crippen LogP contribution in [-0.4, -0.2) is 10.1 Å². The highest BCUT2D eigenvalue weighted by molar-refractivity contribution is 6.33. The Morgan fingerprint density at radius 2 is 2.15 bits per heavy atom. The first-order valence-corrected chi connectivity index (χ1v) is 7.48. The third-order valence-electron chi connectivity index (χ3n) is 4.77. The van der Waals surface area contributed by atoms with Gasteiger partial charge in [0.2, 0.25) is 0 Å². The molecule has 2 bridgehead atoms. The normalized spacial score (nSPS) is 28.1. The highest BCUT2D eigenvalue weighted by Crippen LogP contribution is 2.52. The van der Waals surface area contributed by atoms with Gasteiger partial charge in [0, 0.05) is 11.6 Å². The lowest BCUT2D eigenvalue weighted by Gasteiger charge is -2.17. The van der Waals surface area contributed by atoms with Gasteiger partial charge in [-0.25, -0.2) is 0 Å². The molecular weight excluding hydrogens is 274 g/mol. The van der Waals surface area contributed by atoms with Crippen LogP contribution in [0, 0.1) is 11.8 Å². The fourth-order valence-electron chi connectivity index (χ4n) is 3.81. The molecule has 3 unspecified atom stereocenters. The number of anilines is 1. The Kier molecular flexibility index (Phi) is 2.74. The van der Waals surface area contributed by atoms with Crippen LogP contribution in [0.2, 0.25) is 5.02 Å². The molecule has 0 spiro atoms. The molecule has 1 aromatic heterocycles. The molecule has 4 rings (SSSR count). The summed E-state index contributed by atoms with van der Waals surface area (Å²) in [7, 11) is 0. The van der Waals surface area contributed by atoms with Gasteiger partial charge in [-0.2, -0.15) is 4.98 Å². The van der Waals surface area contributed by atoms with Crippen LogP contribution in [0.4, 0.5) is 5.69 Å². The number of nitrogen functional groups attached to an aromatic ring is 1. The molecule has 4 nitrogen and oxygen atoms in total. The summed E-state index contributed by atoms with van der Waals surface area (Å²) >= 11 is 6.19. The van der Waals surface area contributed by atoms with Crippen molar-refractivity contribution in [2.45, 2.75) is 31.6 Å². The lowest BCUT2D eigenvalue weighted by Crippen LogP contribution is -2.09. The van der Waals surface area contributed by atoms with Crippen molar-refractivity contribution in [2.75, 3.05) is 5.73 Å². The van der Waals surface area contributed by atoms with Crippen LogP contribution in [0.3, 0.4) is 0 Å². The van der Waals surface area contributed by atoms with E-state index in [1.165, 1.54) is 25.7 Å². The Morgan fingerprint density at radius 3 is 2.85 bits per heavy atom. The molecule has 5 heteroatoms. The third-order valence-corrected chi connectivity index (χ3v) is 5.09. The minimum Gasteiger partial charge on any atom is -0.398 e. The van der Waals surface area contributed by atoms with E-state index in [4.69, 9.17) is 21.9 Å². The molecule has 1 heterocycles. The lowest BCUT2D eigenvalue weighted by molar-refractivity contribution is 0.372. The quantitative estimate of drug-likeness (QED) is 0.852. The standard InChI is InChI=1S/C15H16ClN3O/c16-11-2-1-3-12(17)13(11)15-18-14(19-20-15)10-7-8-4-5-9(10)6-8/h1-3,8-10H,4-7,17H2. The van der Waals surface area contributed by atoms with Crippen molar-refractivity contribution in [2.24, 2.45) is 11.8 Å². The van der Waals surface area contributed by atoms with E-state index in [0.717, 1.165) is 17.7 Å². The summed E-state index contributed by atoms with van der Waals surface area (Å²) in [5.74, 6) is 3.30. The molecule has 2 fully saturated rings. The second kappa shape index (κ2) is 4.48. The Hall–Kier alpha value is -1.55. The molecule has 0 radical (unpaired) electrons. The monoisotopic (exact) mass is 289 g/mol. The molecule has 0 aliphatic heterocycles. The maximum Gasteiger partial charge on any atom is 0.261 e. The van der Waals surface area contributed by atoms with Crippen LogP contribution in [0.25, 0.3) is 11.5 Å². The molecule has 1 aromatic carbocycles. The number of nitrogens with two attached hydrogens (primary N) is 1. The van der Waals surface area contributed by atoms with Gasteiger partial charge in [0.1, 0.15) is 0 Å². The van der Waals surface area contributed by atoms with Crippen molar-refractivity contribution in [3.63, 3.8) is 0 Å². The lowest BCUT2D eigenvalue weighted by atomic mass is 9.88. The van der Waals surface area contributed by atoms with E-state index in [2.05, 4.69) is 10.1 Å². The van der Waals surface area contributed by atoms with E-state index in [1.807, 2.05) is 6.07 Å². The maximum absolute atomic E-state index is 6.19. The molecular formula is C15H16ClN3O. The van der Waals surface area contributed by atoms with Crippen LogP contribution in [0.5, 0.6) is 0 Å². The minimum atomic E-state index is 0.436. The first-order valence-electron chi connectivity index (χ1n) is 7.10. The van der Waals surface area contributed by atoms with Crippen molar-refractivity contribution >= 4 is 17.3 Å². The van der Waals surface area contributed by atoms with Gasteiger partial charge in [0.25, 0.3) is 5.89 Å². The fourth-order valence-corrected chi connectivity index (χ4v) is 4.08. The maximum atomic E-state index is 6.19. The van der Waals surface area contributed by atoms with E-state index >= 15 is 0 Å². The Morgan fingerprint density at radius 1 is 1.25 bits per heavy atom. The smallest absolute Gasteiger partial charge is 0.261 e. The number of halogens is 1. The second-order valence-corrected chi connectivity index (χ2v) is 6.35. The zero-order valence-corrected chi connectivity index (χ0v) is 11.8. The Bertz CT molecular complexity index is 634. The van der Waals surface area contributed by atoms with Crippen LogP contribution < -0.4 is 5.73 Å². The zero-order valence-electron chi connectivity index (χ0n) is 11.1. The summed E-state index contributed by atoms with van der Waals surface area (Å²) in [6, 6.07) is 5.39. The predicted octanol–water partition coefficient (Wildman–Crippen LogP) is 3.88. The Balaban J connectivity index is 1.69. The molecule has 2 aliphatic rings. The van der Waals surface area contributed by atoms with Crippen LogP contribution in [0.1, 0.15) is 37.4 Å². The van der Waals surface area contributed by atoms with Gasteiger partial charge >= 0.3 is 0 Å². The number of rotatable bonds is 2. The van der Waals surface area contributed by atoms with Gasteiger partial charge in [0.05, 0.1) is 10.6 Å². The van der Waals surface area contributed by atoms with Crippen molar-refractivity contribution < 1.29 is 4.52 Å². The fraction of sp³-hybridized carbons (Fsp3) is 0.467. The number of hydrogen-bond donors (Lipinski definition) is 1. The van der Waals surface area contributed by atoms with Gasteiger partial charge in [-0.15, -0.1) is 0 Å². The average Bonchev–Trinajstić information content (AvgIpc) is 3.14. The van der Waals surface area contributed by atoms with Crippen molar-refractivity contribution in [3.05, 3.63) is 29.0 Å². The van der Waals surface area contributed by atoms with Crippen molar-refractivity contribution in [3.8, 4) is 11.5 Å². The number of nitrogens with zero attached hydrogens (tertiary/aromatic N) is 2. The van der Waals surface area contributed by atoms with E-state index in [9.17, 15) is 0 Å². The predicted molar refractivity (Wildman–Crippen MR) is 77.3 cm³/mol. The van der Waals surface area contributed by atoms with Crippen molar-refractivity contribution in [1.82, 2.24) is 10.1 Å². The molecule has 2 N–H and O–H groups in total. The first kappa shape index (κ1) is 12.2. The second-order valence-electron chi connectivity index (χ2n) is 5.94. The molecule has 2 aromatic rings. The number of hydrogen-bond acceptors (Lipinski definition) is 4. The van der Waals surface area contributed by atoms with E-state index in [0.29, 0.717) is 28.1 Å². The molecule has 0 saturated heterocycles.